The van der Waals surface area contributed by atoms with Gasteiger partial charge >= 0.3 is 5.97 Å². The molecule has 3 unspecified atom stereocenters. The van der Waals surface area contributed by atoms with Crippen LogP contribution in [0, 0.1) is 35.5 Å². The van der Waals surface area contributed by atoms with Crippen LogP contribution in [0.3, 0.4) is 0 Å². The van der Waals surface area contributed by atoms with Gasteiger partial charge in [0.05, 0.1) is 5.92 Å². The third-order valence-corrected chi connectivity index (χ3v) is 10.4. The van der Waals surface area contributed by atoms with Crippen molar-refractivity contribution in [3.8, 4) is 5.75 Å². The number of rotatable bonds is 10. The second-order valence-electron chi connectivity index (χ2n) is 12.9. The Labute approximate surface area is 224 Å². The predicted molar refractivity (Wildman–Crippen MR) is 149 cm³/mol. The minimum absolute atomic E-state index is 0.0434. The Morgan fingerprint density at radius 1 is 0.865 bits per heavy atom. The predicted octanol–water partition coefficient (Wildman–Crippen LogP) is 8.48. The summed E-state index contributed by atoms with van der Waals surface area (Å²) in [6, 6.07) is 18.3. The standard InChI is InChI=1S/C34H46O3/c1-5-26(33(36)37-34(22(2)3)30-17-24-16-25(19-30)20-31(34)18-24)21-29(28-9-7-6-8-10-28)15-23(4)27-11-13-32(35)14-12-27/h6-14,22-26,29-31,35H,5,15-21H2,1-4H3. The highest BCUT2D eigenvalue weighted by molar-refractivity contribution is 5.73. The third kappa shape index (κ3) is 5.20. The molecule has 37 heavy (non-hydrogen) atoms. The van der Waals surface area contributed by atoms with Gasteiger partial charge in [0.25, 0.3) is 0 Å². The summed E-state index contributed by atoms with van der Waals surface area (Å²) < 4.78 is 6.80. The largest absolute Gasteiger partial charge is 0.508 e. The fraction of sp³-hybridized carbons (Fsp3) is 0.618. The molecule has 4 bridgehead atoms. The van der Waals surface area contributed by atoms with Crippen LogP contribution in [0.15, 0.2) is 54.6 Å². The first-order chi connectivity index (χ1) is 17.8. The van der Waals surface area contributed by atoms with E-state index in [1.807, 2.05) is 12.1 Å². The van der Waals surface area contributed by atoms with Gasteiger partial charge in [-0.25, -0.2) is 0 Å². The average Bonchev–Trinajstić information content (AvgIpc) is 2.88. The van der Waals surface area contributed by atoms with Crippen LogP contribution in [0.5, 0.6) is 5.75 Å². The van der Waals surface area contributed by atoms with Gasteiger partial charge < -0.3 is 9.84 Å². The lowest BCUT2D eigenvalue weighted by molar-refractivity contribution is -0.228. The van der Waals surface area contributed by atoms with Crippen molar-refractivity contribution in [3.63, 3.8) is 0 Å². The molecule has 2 aromatic rings. The van der Waals surface area contributed by atoms with E-state index in [2.05, 4.69) is 58.0 Å². The first kappa shape index (κ1) is 26.3. The van der Waals surface area contributed by atoms with E-state index in [9.17, 15) is 9.90 Å². The van der Waals surface area contributed by atoms with Crippen molar-refractivity contribution in [2.75, 3.05) is 0 Å². The number of benzene rings is 2. The lowest BCUT2D eigenvalue weighted by Crippen LogP contribution is -2.62. The van der Waals surface area contributed by atoms with Gasteiger partial charge in [-0.2, -0.15) is 0 Å². The number of phenolic OH excluding ortho intramolecular Hbond substituents is 1. The molecule has 6 rings (SSSR count). The number of carbonyl (C=O) groups is 1. The van der Waals surface area contributed by atoms with Crippen LogP contribution >= 0.6 is 0 Å². The molecule has 200 valence electrons. The van der Waals surface area contributed by atoms with Gasteiger partial charge in [-0.05, 0) is 116 Å². The summed E-state index contributed by atoms with van der Waals surface area (Å²) >= 11 is 0. The molecule has 0 aliphatic heterocycles. The van der Waals surface area contributed by atoms with E-state index in [1.54, 1.807) is 12.1 Å². The van der Waals surface area contributed by atoms with Crippen molar-refractivity contribution >= 4 is 5.97 Å². The maximum absolute atomic E-state index is 14.0. The minimum atomic E-state index is -0.264. The van der Waals surface area contributed by atoms with Gasteiger partial charge in [0.15, 0.2) is 0 Å². The summed E-state index contributed by atoms with van der Waals surface area (Å²) in [5, 5.41) is 9.73. The Bertz CT molecular complexity index is 1010. The summed E-state index contributed by atoms with van der Waals surface area (Å²) in [6.07, 6.45) is 9.02. The van der Waals surface area contributed by atoms with Crippen LogP contribution in [0.2, 0.25) is 0 Å². The number of esters is 1. The maximum atomic E-state index is 14.0. The second-order valence-corrected chi connectivity index (χ2v) is 12.9. The van der Waals surface area contributed by atoms with Gasteiger partial charge in [0.2, 0.25) is 0 Å². The SMILES string of the molecule is CCC(CC(CC(C)c1ccc(O)cc1)c1ccccc1)C(=O)OC1(C(C)C)C2CC3CC(C2)CC1C3. The first-order valence-corrected chi connectivity index (χ1v) is 14.9. The molecule has 2 aromatic carbocycles. The van der Waals surface area contributed by atoms with Crippen LogP contribution in [0.1, 0.15) is 102 Å². The molecular formula is C34H46O3. The van der Waals surface area contributed by atoms with Crippen molar-refractivity contribution in [1.29, 1.82) is 0 Å². The molecular weight excluding hydrogens is 456 g/mol. The van der Waals surface area contributed by atoms with E-state index in [4.69, 9.17) is 4.74 Å². The molecule has 0 radical (unpaired) electrons. The Kier molecular flexibility index (Phi) is 7.70. The normalized spacial score (nSPS) is 30.7. The van der Waals surface area contributed by atoms with Crippen molar-refractivity contribution < 1.29 is 14.6 Å². The average molecular weight is 503 g/mol. The number of ether oxygens (including phenoxy) is 1. The van der Waals surface area contributed by atoms with Crippen LogP contribution < -0.4 is 0 Å². The van der Waals surface area contributed by atoms with E-state index >= 15 is 0 Å². The van der Waals surface area contributed by atoms with Gasteiger partial charge in [-0.1, -0.05) is 70.2 Å². The fourth-order valence-electron chi connectivity index (χ4n) is 8.64. The van der Waals surface area contributed by atoms with Crippen LogP contribution in [-0.2, 0) is 9.53 Å². The van der Waals surface area contributed by atoms with Crippen molar-refractivity contribution in [3.05, 3.63) is 65.7 Å². The highest BCUT2D eigenvalue weighted by atomic mass is 16.6. The van der Waals surface area contributed by atoms with E-state index in [0.29, 0.717) is 29.4 Å². The monoisotopic (exact) mass is 502 g/mol. The van der Waals surface area contributed by atoms with E-state index in [1.165, 1.54) is 43.2 Å². The molecule has 4 aliphatic rings. The lowest BCUT2D eigenvalue weighted by Gasteiger charge is -2.62. The Morgan fingerprint density at radius 2 is 1.46 bits per heavy atom. The molecule has 1 N–H and O–H groups in total. The van der Waals surface area contributed by atoms with E-state index in [0.717, 1.165) is 31.1 Å². The first-order valence-electron chi connectivity index (χ1n) is 14.9. The minimum Gasteiger partial charge on any atom is -0.508 e. The molecule has 0 amide bonds. The molecule has 4 aliphatic carbocycles. The Balaban J connectivity index is 1.35. The second kappa shape index (κ2) is 10.8. The van der Waals surface area contributed by atoms with Gasteiger partial charge in [0, 0.05) is 0 Å². The van der Waals surface area contributed by atoms with Crippen LogP contribution in [0.4, 0.5) is 0 Å². The third-order valence-electron chi connectivity index (χ3n) is 10.4. The van der Waals surface area contributed by atoms with Gasteiger partial charge in [-0.3, -0.25) is 4.79 Å². The number of carbonyl (C=O) groups excluding carboxylic acids is 1. The zero-order valence-electron chi connectivity index (χ0n) is 23.2. The molecule has 0 heterocycles. The van der Waals surface area contributed by atoms with Crippen LogP contribution in [0.25, 0.3) is 0 Å². The Hall–Kier alpha value is -2.29. The molecule has 0 spiro atoms. The van der Waals surface area contributed by atoms with Crippen molar-refractivity contribution in [2.45, 2.75) is 96.5 Å². The Morgan fingerprint density at radius 3 is 2.00 bits per heavy atom. The molecule has 0 saturated heterocycles. The number of hydrogen-bond donors (Lipinski definition) is 1. The van der Waals surface area contributed by atoms with Gasteiger partial charge in [0.1, 0.15) is 11.4 Å². The summed E-state index contributed by atoms with van der Waals surface area (Å²) in [7, 11) is 0. The molecule has 0 aromatic heterocycles. The number of aromatic hydroxyl groups is 1. The number of hydrogen-bond acceptors (Lipinski definition) is 3. The summed E-state index contributed by atoms with van der Waals surface area (Å²) in [5.41, 5.74) is 2.26. The maximum Gasteiger partial charge on any atom is 0.309 e. The van der Waals surface area contributed by atoms with E-state index in [-0.39, 0.29) is 23.4 Å². The zero-order chi connectivity index (χ0) is 26.2. The van der Waals surface area contributed by atoms with Crippen molar-refractivity contribution in [1.82, 2.24) is 0 Å². The van der Waals surface area contributed by atoms with Gasteiger partial charge in [-0.15, -0.1) is 0 Å². The molecule has 4 saturated carbocycles. The molecule has 3 heteroatoms. The highest BCUT2D eigenvalue weighted by Gasteiger charge is 2.61. The molecule has 4 fully saturated rings. The van der Waals surface area contributed by atoms with Crippen molar-refractivity contribution in [2.24, 2.45) is 35.5 Å². The molecule has 3 nitrogen and oxygen atoms in total. The zero-order valence-corrected chi connectivity index (χ0v) is 23.2. The van der Waals surface area contributed by atoms with Crippen LogP contribution in [-0.4, -0.2) is 16.7 Å². The topological polar surface area (TPSA) is 46.5 Å². The quantitative estimate of drug-likeness (QED) is 0.331. The number of phenols is 1. The summed E-state index contributed by atoms with van der Waals surface area (Å²) in [5.74, 6) is 4.03. The summed E-state index contributed by atoms with van der Waals surface area (Å²) in [6.45, 7) is 8.99. The van der Waals surface area contributed by atoms with E-state index < -0.39 is 0 Å². The highest BCUT2D eigenvalue weighted by Crippen LogP contribution is 2.62. The fourth-order valence-corrected chi connectivity index (χ4v) is 8.64. The smallest absolute Gasteiger partial charge is 0.309 e. The lowest BCUT2D eigenvalue weighted by atomic mass is 9.47. The summed E-state index contributed by atoms with van der Waals surface area (Å²) in [4.78, 5) is 14.0. The molecule has 3 atom stereocenters.